The van der Waals surface area contributed by atoms with Gasteiger partial charge in [-0.2, -0.15) is 5.10 Å². The smallest absolute Gasteiger partial charge is 0.338 e. The summed E-state index contributed by atoms with van der Waals surface area (Å²) in [4.78, 5) is 27.7. The fourth-order valence-electron chi connectivity index (χ4n) is 3.08. The average Bonchev–Trinajstić information content (AvgIpc) is 3.04. The molecule has 0 fully saturated rings. The molecule has 0 aliphatic heterocycles. The zero-order valence-corrected chi connectivity index (χ0v) is 17.8. The van der Waals surface area contributed by atoms with Gasteiger partial charge in [-0.25, -0.2) is 14.5 Å². The first kappa shape index (κ1) is 21.5. The molecule has 0 spiro atoms. The van der Waals surface area contributed by atoms with E-state index in [0.29, 0.717) is 23.6 Å². The lowest BCUT2D eigenvalue weighted by Gasteiger charge is -2.08. The molecular formula is C22H22ClN3O4. The number of aromatic nitrogens is 3. The number of benzene rings is 1. The van der Waals surface area contributed by atoms with Crippen molar-refractivity contribution in [2.45, 2.75) is 33.3 Å². The number of carbonyl (C=O) groups is 2. The van der Waals surface area contributed by atoms with Crippen LogP contribution in [0.1, 0.15) is 39.3 Å². The minimum Gasteiger partial charge on any atom is -0.469 e. The summed E-state index contributed by atoms with van der Waals surface area (Å²) in [5.74, 6) is -0.678. The molecule has 2 aromatic heterocycles. The van der Waals surface area contributed by atoms with Crippen molar-refractivity contribution in [2.24, 2.45) is 0 Å². The molecule has 0 radical (unpaired) electrons. The number of hydrogen-bond donors (Lipinski definition) is 0. The molecule has 0 atom stereocenters. The number of hydrogen-bond acceptors (Lipinski definition) is 6. The molecule has 0 N–H and O–H groups in total. The first-order chi connectivity index (χ1) is 14.4. The summed E-state index contributed by atoms with van der Waals surface area (Å²) in [7, 11) is 1.38. The fraction of sp³-hybridized carbons (Fsp3) is 0.273. The third-order valence-corrected chi connectivity index (χ3v) is 4.98. The van der Waals surface area contributed by atoms with E-state index in [9.17, 15) is 9.59 Å². The second-order valence-electron chi connectivity index (χ2n) is 6.75. The monoisotopic (exact) mass is 427 g/mol. The topological polar surface area (TPSA) is 83.3 Å². The lowest BCUT2D eigenvalue weighted by Crippen LogP contribution is -2.06. The molecule has 2 heterocycles. The SMILES string of the molecule is COC(=O)CCc1c(C)nn(-c2ccc(C(=O)OCc3ccc(Cl)nc3)cc2)c1C. The van der Waals surface area contributed by atoms with Crippen LogP contribution in [0.3, 0.4) is 0 Å². The number of methoxy groups -OCH3 is 1. The maximum atomic E-state index is 12.3. The van der Waals surface area contributed by atoms with Gasteiger partial charge >= 0.3 is 11.9 Å². The van der Waals surface area contributed by atoms with Gasteiger partial charge in [0, 0.05) is 23.9 Å². The van der Waals surface area contributed by atoms with Crippen LogP contribution in [0.15, 0.2) is 42.6 Å². The van der Waals surface area contributed by atoms with Crippen molar-refractivity contribution in [3.63, 3.8) is 0 Å². The van der Waals surface area contributed by atoms with E-state index in [1.54, 1.807) is 35.1 Å². The largest absolute Gasteiger partial charge is 0.469 e. The Morgan fingerprint density at radius 1 is 1.10 bits per heavy atom. The van der Waals surface area contributed by atoms with Crippen molar-refractivity contribution in [3.8, 4) is 5.69 Å². The number of aryl methyl sites for hydroxylation is 1. The molecule has 7 nitrogen and oxygen atoms in total. The van der Waals surface area contributed by atoms with Crippen LogP contribution in [0, 0.1) is 13.8 Å². The maximum Gasteiger partial charge on any atom is 0.338 e. The predicted molar refractivity (Wildman–Crippen MR) is 112 cm³/mol. The summed E-state index contributed by atoms with van der Waals surface area (Å²) < 4.78 is 11.8. The third-order valence-electron chi connectivity index (χ3n) is 4.75. The zero-order valence-electron chi connectivity index (χ0n) is 17.0. The van der Waals surface area contributed by atoms with Gasteiger partial charge in [0.05, 0.1) is 24.1 Å². The first-order valence-corrected chi connectivity index (χ1v) is 9.76. The summed E-state index contributed by atoms with van der Waals surface area (Å²) in [6.45, 7) is 3.98. The Balaban J connectivity index is 1.68. The van der Waals surface area contributed by atoms with Crippen molar-refractivity contribution in [1.82, 2.24) is 14.8 Å². The highest BCUT2D eigenvalue weighted by molar-refractivity contribution is 6.29. The lowest BCUT2D eigenvalue weighted by atomic mass is 10.1. The van der Waals surface area contributed by atoms with Gasteiger partial charge in [-0.1, -0.05) is 17.7 Å². The third kappa shape index (κ3) is 5.04. The quantitative estimate of drug-likeness (QED) is 0.418. The normalized spacial score (nSPS) is 10.7. The van der Waals surface area contributed by atoms with Gasteiger partial charge in [0.1, 0.15) is 11.8 Å². The van der Waals surface area contributed by atoms with Gasteiger partial charge in [-0.3, -0.25) is 4.79 Å². The van der Waals surface area contributed by atoms with Gasteiger partial charge in [-0.15, -0.1) is 0 Å². The van der Waals surface area contributed by atoms with E-state index in [0.717, 1.165) is 28.2 Å². The van der Waals surface area contributed by atoms with Crippen LogP contribution < -0.4 is 0 Å². The molecule has 0 unspecified atom stereocenters. The van der Waals surface area contributed by atoms with E-state index < -0.39 is 5.97 Å². The first-order valence-electron chi connectivity index (χ1n) is 9.39. The number of nitrogens with zero attached hydrogens (tertiary/aromatic N) is 3. The van der Waals surface area contributed by atoms with Crippen molar-refractivity contribution in [1.29, 1.82) is 0 Å². The molecule has 3 rings (SSSR count). The van der Waals surface area contributed by atoms with Crippen LogP contribution in [0.25, 0.3) is 5.69 Å². The van der Waals surface area contributed by atoms with E-state index in [1.807, 2.05) is 26.0 Å². The van der Waals surface area contributed by atoms with E-state index in [2.05, 4.69) is 10.1 Å². The Hall–Kier alpha value is -3.19. The van der Waals surface area contributed by atoms with Gasteiger partial charge in [0.15, 0.2) is 0 Å². The molecule has 30 heavy (non-hydrogen) atoms. The Labute approximate surface area is 179 Å². The molecule has 0 aliphatic carbocycles. The van der Waals surface area contributed by atoms with Gasteiger partial charge < -0.3 is 9.47 Å². The molecule has 0 saturated heterocycles. The highest BCUT2D eigenvalue weighted by atomic mass is 35.5. The van der Waals surface area contributed by atoms with Gasteiger partial charge in [-0.05, 0) is 56.2 Å². The number of pyridine rings is 1. The maximum absolute atomic E-state index is 12.3. The fourth-order valence-corrected chi connectivity index (χ4v) is 3.19. The highest BCUT2D eigenvalue weighted by Gasteiger charge is 2.15. The summed E-state index contributed by atoms with van der Waals surface area (Å²) in [5, 5.41) is 4.96. The second-order valence-corrected chi connectivity index (χ2v) is 7.14. The minimum absolute atomic E-state index is 0.117. The van der Waals surface area contributed by atoms with E-state index >= 15 is 0 Å². The lowest BCUT2D eigenvalue weighted by molar-refractivity contribution is -0.140. The number of carbonyl (C=O) groups excluding carboxylic acids is 2. The van der Waals surface area contributed by atoms with E-state index in [1.165, 1.54) is 7.11 Å². The molecule has 0 amide bonds. The van der Waals surface area contributed by atoms with Crippen molar-refractivity contribution in [3.05, 3.63) is 75.8 Å². The second kappa shape index (κ2) is 9.54. The molecule has 1 aromatic carbocycles. The molecule has 0 saturated carbocycles. The Kier molecular flexibility index (Phi) is 6.84. The molecule has 3 aromatic rings. The van der Waals surface area contributed by atoms with E-state index in [-0.39, 0.29) is 12.6 Å². The van der Waals surface area contributed by atoms with Crippen LogP contribution in [-0.4, -0.2) is 33.8 Å². The summed E-state index contributed by atoms with van der Waals surface area (Å²) in [6.07, 6.45) is 2.44. The molecule has 156 valence electrons. The average molecular weight is 428 g/mol. The summed E-state index contributed by atoms with van der Waals surface area (Å²) in [6, 6.07) is 10.4. The molecule has 0 bridgehead atoms. The van der Waals surface area contributed by atoms with Crippen molar-refractivity contribution in [2.75, 3.05) is 7.11 Å². The summed E-state index contributed by atoms with van der Waals surface area (Å²) >= 11 is 5.75. The zero-order chi connectivity index (χ0) is 21.7. The molecular weight excluding hydrogens is 406 g/mol. The van der Waals surface area contributed by atoms with Crippen LogP contribution >= 0.6 is 11.6 Å². The van der Waals surface area contributed by atoms with E-state index in [4.69, 9.17) is 21.1 Å². The van der Waals surface area contributed by atoms with Crippen molar-refractivity contribution >= 4 is 23.5 Å². The van der Waals surface area contributed by atoms with Crippen LogP contribution in [0.4, 0.5) is 0 Å². The van der Waals surface area contributed by atoms with Crippen LogP contribution in [-0.2, 0) is 27.3 Å². The number of rotatable bonds is 7. The number of esters is 2. The van der Waals surface area contributed by atoms with Crippen molar-refractivity contribution < 1.29 is 19.1 Å². The number of ether oxygens (including phenoxy) is 2. The van der Waals surface area contributed by atoms with Crippen LogP contribution in [0.2, 0.25) is 5.15 Å². The Bertz CT molecular complexity index is 1040. The number of halogens is 1. The van der Waals surface area contributed by atoms with Crippen LogP contribution in [0.5, 0.6) is 0 Å². The minimum atomic E-state index is -0.427. The van der Waals surface area contributed by atoms with Gasteiger partial charge in [0.2, 0.25) is 0 Å². The highest BCUT2D eigenvalue weighted by Crippen LogP contribution is 2.20. The molecule has 0 aliphatic rings. The summed E-state index contributed by atoms with van der Waals surface area (Å²) in [5.41, 5.74) is 4.83. The Morgan fingerprint density at radius 3 is 2.47 bits per heavy atom. The van der Waals surface area contributed by atoms with Gasteiger partial charge in [0.25, 0.3) is 0 Å². The Morgan fingerprint density at radius 2 is 1.83 bits per heavy atom. The standard InChI is InChI=1S/C22H22ClN3O4/c1-14-19(9-11-21(27)29-3)15(2)26(25-14)18-7-5-17(6-8-18)22(28)30-13-16-4-10-20(23)24-12-16/h4-8,10,12H,9,11,13H2,1-3H3. The predicted octanol–water partition coefficient (Wildman–Crippen LogP) is 4.00. The molecule has 8 heteroatoms.